The van der Waals surface area contributed by atoms with E-state index in [1.54, 1.807) is 14.2 Å². The van der Waals surface area contributed by atoms with Crippen LogP contribution in [-0.4, -0.2) is 20.3 Å². The molecule has 1 aromatic rings. The zero-order chi connectivity index (χ0) is 14.8. The average Bonchev–Trinajstić information content (AvgIpc) is 2.76. The van der Waals surface area contributed by atoms with Crippen LogP contribution in [0.3, 0.4) is 0 Å². The summed E-state index contributed by atoms with van der Waals surface area (Å²) < 4.78 is 10.6. The molecule has 1 N–H and O–H groups in total. The average molecular weight is 298 g/mol. The van der Waals surface area contributed by atoms with Crippen LogP contribution in [0.4, 0.5) is 0 Å². The molecule has 1 aliphatic rings. The van der Waals surface area contributed by atoms with E-state index in [-0.39, 0.29) is 0 Å². The molecule has 3 nitrogen and oxygen atoms in total. The Hall–Kier alpha value is -0.930. The molecule has 20 heavy (non-hydrogen) atoms. The Labute approximate surface area is 126 Å². The Bertz CT molecular complexity index is 474. The van der Waals surface area contributed by atoms with Gasteiger partial charge < -0.3 is 14.8 Å². The van der Waals surface area contributed by atoms with E-state index in [1.807, 2.05) is 12.1 Å². The summed E-state index contributed by atoms with van der Waals surface area (Å²) in [4.78, 5) is 0. The molecule has 0 amide bonds. The molecular weight excluding hydrogens is 274 g/mol. The third-order valence-corrected chi connectivity index (χ3v) is 4.53. The number of rotatable bonds is 5. The minimum absolute atomic E-state index is 0.457. The SMILES string of the molecule is COc1ccc(CNC2CCC(C)(C)C2)c(Cl)c1OC. The van der Waals surface area contributed by atoms with Crippen molar-refractivity contribution in [3.63, 3.8) is 0 Å². The van der Waals surface area contributed by atoms with Crippen molar-refractivity contribution in [1.29, 1.82) is 0 Å². The molecule has 0 aliphatic heterocycles. The Morgan fingerprint density at radius 2 is 2.05 bits per heavy atom. The second kappa shape index (κ2) is 6.23. The first-order chi connectivity index (χ1) is 9.46. The van der Waals surface area contributed by atoms with Crippen molar-refractivity contribution in [1.82, 2.24) is 5.32 Å². The van der Waals surface area contributed by atoms with Crippen molar-refractivity contribution in [2.45, 2.75) is 45.7 Å². The van der Waals surface area contributed by atoms with E-state index in [2.05, 4.69) is 19.2 Å². The molecule has 1 aromatic carbocycles. The standard InChI is InChI=1S/C16H24ClNO2/c1-16(2)8-7-12(9-16)18-10-11-5-6-13(19-3)15(20-4)14(11)17/h5-6,12,18H,7-10H2,1-4H3. The van der Waals surface area contributed by atoms with E-state index in [4.69, 9.17) is 21.1 Å². The van der Waals surface area contributed by atoms with Gasteiger partial charge in [0, 0.05) is 12.6 Å². The third-order valence-electron chi connectivity index (χ3n) is 4.11. The van der Waals surface area contributed by atoms with Gasteiger partial charge in [-0.2, -0.15) is 0 Å². The van der Waals surface area contributed by atoms with Crippen LogP contribution in [0.5, 0.6) is 11.5 Å². The first-order valence-electron chi connectivity index (χ1n) is 7.09. The highest BCUT2D eigenvalue weighted by atomic mass is 35.5. The second-order valence-electron chi connectivity index (χ2n) is 6.26. The Morgan fingerprint density at radius 3 is 2.60 bits per heavy atom. The predicted octanol–water partition coefficient (Wildman–Crippen LogP) is 4.03. The van der Waals surface area contributed by atoms with E-state index in [1.165, 1.54) is 19.3 Å². The highest BCUT2D eigenvalue weighted by Gasteiger charge is 2.30. The molecule has 0 spiro atoms. The van der Waals surface area contributed by atoms with Crippen molar-refractivity contribution in [2.75, 3.05) is 14.2 Å². The number of halogens is 1. The number of ether oxygens (including phenoxy) is 2. The summed E-state index contributed by atoms with van der Waals surface area (Å²) in [7, 11) is 3.23. The van der Waals surface area contributed by atoms with Crippen LogP contribution in [0.25, 0.3) is 0 Å². The van der Waals surface area contributed by atoms with E-state index in [9.17, 15) is 0 Å². The van der Waals surface area contributed by atoms with E-state index >= 15 is 0 Å². The van der Waals surface area contributed by atoms with Gasteiger partial charge in [0.15, 0.2) is 11.5 Å². The summed E-state index contributed by atoms with van der Waals surface area (Å²) in [5, 5.41) is 4.24. The van der Waals surface area contributed by atoms with Gasteiger partial charge in [-0.3, -0.25) is 0 Å². The quantitative estimate of drug-likeness (QED) is 0.890. The zero-order valence-corrected chi connectivity index (χ0v) is 13.5. The fraction of sp³-hybridized carbons (Fsp3) is 0.625. The summed E-state index contributed by atoms with van der Waals surface area (Å²) in [6.45, 7) is 5.43. The summed E-state index contributed by atoms with van der Waals surface area (Å²) in [6, 6.07) is 4.48. The van der Waals surface area contributed by atoms with Crippen molar-refractivity contribution < 1.29 is 9.47 Å². The topological polar surface area (TPSA) is 30.5 Å². The molecule has 0 heterocycles. The maximum atomic E-state index is 6.39. The number of nitrogens with one attached hydrogen (secondary N) is 1. The van der Waals surface area contributed by atoms with Gasteiger partial charge >= 0.3 is 0 Å². The molecule has 4 heteroatoms. The van der Waals surface area contributed by atoms with Crippen LogP contribution in [0, 0.1) is 5.41 Å². The van der Waals surface area contributed by atoms with Crippen LogP contribution in [-0.2, 0) is 6.54 Å². The Morgan fingerprint density at radius 1 is 1.30 bits per heavy atom. The first kappa shape index (κ1) is 15.5. The summed E-state index contributed by atoms with van der Waals surface area (Å²) in [5.74, 6) is 1.28. The lowest BCUT2D eigenvalue weighted by Gasteiger charge is -2.19. The van der Waals surface area contributed by atoms with Gasteiger partial charge in [-0.05, 0) is 36.3 Å². The Balaban J connectivity index is 2.03. The lowest BCUT2D eigenvalue weighted by molar-refractivity contribution is 0.353. The molecule has 0 bridgehead atoms. The van der Waals surface area contributed by atoms with Crippen LogP contribution in [0.1, 0.15) is 38.7 Å². The van der Waals surface area contributed by atoms with Gasteiger partial charge in [-0.25, -0.2) is 0 Å². The fourth-order valence-corrected chi connectivity index (χ4v) is 3.23. The molecule has 112 valence electrons. The smallest absolute Gasteiger partial charge is 0.179 e. The van der Waals surface area contributed by atoms with Crippen molar-refractivity contribution >= 4 is 11.6 Å². The predicted molar refractivity (Wildman–Crippen MR) is 82.8 cm³/mol. The first-order valence-corrected chi connectivity index (χ1v) is 7.47. The molecule has 1 unspecified atom stereocenters. The van der Waals surface area contributed by atoms with Crippen molar-refractivity contribution in [3.05, 3.63) is 22.7 Å². The summed E-state index contributed by atoms with van der Waals surface area (Å²) in [5.41, 5.74) is 1.51. The van der Waals surface area contributed by atoms with Gasteiger partial charge in [0.2, 0.25) is 0 Å². The molecule has 1 fully saturated rings. The van der Waals surface area contributed by atoms with Crippen molar-refractivity contribution in [3.8, 4) is 11.5 Å². The number of hydrogen-bond acceptors (Lipinski definition) is 3. The largest absolute Gasteiger partial charge is 0.493 e. The second-order valence-corrected chi connectivity index (χ2v) is 6.64. The fourth-order valence-electron chi connectivity index (χ4n) is 2.93. The monoisotopic (exact) mass is 297 g/mol. The van der Waals surface area contributed by atoms with Gasteiger partial charge in [-0.1, -0.05) is 31.5 Å². The zero-order valence-electron chi connectivity index (χ0n) is 12.8. The van der Waals surface area contributed by atoms with E-state index < -0.39 is 0 Å². The van der Waals surface area contributed by atoms with E-state index in [0.29, 0.717) is 28.0 Å². The van der Waals surface area contributed by atoms with Gasteiger partial charge in [0.05, 0.1) is 19.2 Å². The number of methoxy groups -OCH3 is 2. The van der Waals surface area contributed by atoms with Crippen LogP contribution in [0.2, 0.25) is 5.02 Å². The lowest BCUT2D eigenvalue weighted by atomic mass is 9.92. The highest BCUT2D eigenvalue weighted by molar-refractivity contribution is 6.33. The summed E-state index contributed by atoms with van der Waals surface area (Å²) in [6.07, 6.45) is 3.74. The van der Waals surface area contributed by atoms with Gasteiger partial charge in [0.25, 0.3) is 0 Å². The highest BCUT2D eigenvalue weighted by Crippen LogP contribution is 2.39. The van der Waals surface area contributed by atoms with Gasteiger partial charge in [0.1, 0.15) is 0 Å². The minimum atomic E-state index is 0.457. The van der Waals surface area contributed by atoms with Crippen LogP contribution < -0.4 is 14.8 Å². The third kappa shape index (κ3) is 3.39. The summed E-state index contributed by atoms with van der Waals surface area (Å²) >= 11 is 6.39. The number of benzene rings is 1. The molecule has 1 saturated carbocycles. The normalized spacial score (nSPS) is 20.9. The van der Waals surface area contributed by atoms with Crippen LogP contribution >= 0.6 is 11.6 Å². The maximum absolute atomic E-state index is 6.39. The molecule has 0 saturated heterocycles. The lowest BCUT2D eigenvalue weighted by Crippen LogP contribution is -2.27. The van der Waals surface area contributed by atoms with Gasteiger partial charge in [-0.15, -0.1) is 0 Å². The van der Waals surface area contributed by atoms with E-state index in [0.717, 1.165) is 12.1 Å². The molecule has 0 aromatic heterocycles. The number of hydrogen-bond donors (Lipinski definition) is 1. The molecule has 1 aliphatic carbocycles. The Kier molecular flexibility index (Phi) is 4.82. The van der Waals surface area contributed by atoms with Crippen LogP contribution in [0.15, 0.2) is 12.1 Å². The van der Waals surface area contributed by atoms with Crippen molar-refractivity contribution in [2.24, 2.45) is 5.41 Å². The molecule has 0 radical (unpaired) electrons. The molecule has 1 atom stereocenters. The maximum Gasteiger partial charge on any atom is 0.179 e. The minimum Gasteiger partial charge on any atom is -0.493 e. The molecular formula is C16H24ClNO2. The molecule has 2 rings (SSSR count).